The maximum atomic E-state index is 14.7. The fourth-order valence-electron chi connectivity index (χ4n) is 5.43. The van der Waals surface area contributed by atoms with Crippen molar-refractivity contribution in [3.05, 3.63) is 83.4 Å². The maximum Gasteiger partial charge on any atom is 0.271 e. The number of benzene rings is 2. The van der Waals surface area contributed by atoms with Crippen LogP contribution in [0.1, 0.15) is 34.1 Å². The first kappa shape index (κ1) is 25.6. The number of likely N-dealkylation sites (tertiary alicyclic amines) is 1. The summed E-state index contributed by atoms with van der Waals surface area (Å²) in [5.74, 6) is 0.0843. The van der Waals surface area contributed by atoms with Crippen LogP contribution in [0.5, 0.6) is 5.75 Å². The van der Waals surface area contributed by atoms with Gasteiger partial charge in [-0.15, -0.1) is 16.9 Å². The Morgan fingerprint density at radius 2 is 2.00 bits per heavy atom. The molecule has 2 fully saturated rings. The van der Waals surface area contributed by atoms with Gasteiger partial charge in [0.25, 0.3) is 5.91 Å². The Morgan fingerprint density at radius 3 is 2.79 bits per heavy atom. The van der Waals surface area contributed by atoms with Crippen LogP contribution in [0.25, 0.3) is 5.65 Å². The van der Waals surface area contributed by atoms with Crippen molar-refractivity contribution in [2.45, 2.75) is 36.1 Å². The predicted octanol–water partition coefficient (Wildman–Crippen LogP) is 4.20. The van der Waals surface area contributed by atoms with E-state index in [-0.39, 0.29) is 42.5 Å². The van der Waals surface area contributed by atoms with Crippen LogP contribution < -0.4 is 10.2 Å². The van der Waals surface area contributed by atoms with Crippen molar-refractivity contribution < 1.29 is 18.7 Å². The van der Waals surface area contributed by atoms with E-state index in [0.717, 1.165) is 16.0 Å². The van der Waals surface area contributed by atoms with E-state index < -0.39 is 6.17 Å². The Hall–Kier alpha value is -3.70. The fourth-order valence-corrected chi connectivity index (χ4v) is 6.07. The molecule has 2 N–H and O–H groups in total. The van der Waals surface area contributed by atoms with E-state index in [2.05, 4.69) is 20.3 Å². The number of fused-ring (bicyclic) bond motifs is 1. The molecule has 202 valence electrons. The second kappa shape index (κ2) is 10.5. The van der Waals surface area contributed by atoms with Gasteiger partial charge < -0.3 is 15.3 Å². The summed E-state index contributed by atoms with van der Waals surface area (Å²) in [7, 11) is 0. The lowest BCUT2D eigenvalue weighted by molar-refractivity contribution is 0.0789. The molecule has 2 saturated heterocycles. The van der Waals surface area contributed by atoms with Crippen LogP contribution in [-0.2, 0) is 6.54 Å². The lowest BCUT2D eigenvalue weighted by Crippen LogP contribution is -2.58. The summed E-state index contributed by atoms with van der Waals surface area (Å²) in [5, 5.41) is 17.4. The van der Waals surface area contributed by atoms with Gasteiger partial charge in [0.2, 0.25) is 0 Å². The number of nitrogens with one attached hydrogen (secondary N) is 1. The van der Waals surface area contributed by atoms with E-state index in [1.807, 2.05) is 23.3 Å². The van der Waals surface area contributed by atoms with Gasteiger partial charge in [-0.05, 0) is 59.8 Å². The molecular weight excluding hydrogens is 522 g/mol. The third-order valence-corrected chi connectivity index (χ3v) is 8.10. The lowest BCUT2D eigenvalue weighted by atomic mass is 10.0. The van der Waals surface area contributed by atoms with Crippen molar-refractivity contribution in [3.63, 3.8) is 0 Å². The van der Waals surface area contributed by atoms with Crippen molar-refractivity contribution in [2.75, 3.05) is 30.8 Å². The third kappa shape index (κ3) is 5.16. The molecule has 0 radical (unpaired) electrons. The maximum absolute atomic E-state index is 14.7. The number of anilines is 1. The minimum absolute atomic E-state index is 0.0169. The van der Waals surface area contributed by atoms with Crippen LogP contribution in [0.2, 0.25) is 0 Å². The van der Waals surface area contributed by atoms with Crippen molar-refractivity contribution in [1.82, 2.24) is 24.8 Å². The highest BCUT2D eigenvalue weighted by Gasteiger charge is 2.36. The Labute approximate surface area is 228 Å². The monoisotopic (exact) mass is 550 g/mol. The molecular formula is C28H28F2N6O2S. The molecule has 39 heavy (non-hydrogen) atoms. The van der Waals surface area contributed by atoms with Crippen molar-refractivity contribution >= 4 is 29.1 Å². The fraction of sp³-hybridized carbons (Fsp3) is 0.321. The second-order valence-corrected chi connectivity index (χ2v) is 10.9. The summed E-state index contributed by atoms with van der Waals surface area (Å²) in [6.07, 6.45) is 2.55. The summed E-state index contributed by atoms with van der Waals surface area (Å²) >= 11 is 1.50. The zero-order chi connectivity index (χ0) is 27.1. The molecule has 1 amide bonds. The first-order valence-electron chi connectivity index (χ1n) is 12.8. The Bertz CT molecular complexity index is 1530. The first-order valence-corrected chi connectivity index (χ1v) is 14.0. The van der Waals surface area contributed by atoms with Crippen LogP contribution in [0.4, 0.5) is 14.6 Å². The topological polar surface area (TPSA) is 86.0 Å². The molecule has 2 aliphatic heterocycles. The smallest absolute Gasteiger partial charge is 0.271 e. The standard InChI is InChI=1S/C28H28F2N6O2S/c1-39-25-6-5-18(29)10-22(25)23-11-19(30)14-35(23)27-8-7-26-31-12-24(36(26)33-27)28(38)32-20-15-34(16-20)13-17-3-2-4-21(37)9-17/h2-10,12,19-20,23,37H,11,13-16H2,1H3,(H,32,38)/t19-,23?/m0/s1. The number of thioether (sulfide) groups is 1. The van der Waals surface area contributed by atoms with Crippen LogP contribution in [0, 0.1) is 5.82 Å². The zero-order valence-electron chi connectivity index (χ0n) is 21.3. The van der Waals surface area contributed by atoms with Gasteiger partial charge in [0.15, 0.2) is 11.3 Å². The van der Waals surface area contributed by atoms with E-state index in [1.54, 1.807) is 30.3 Å². The molecule has 4 aromatic rings. The molecule has 0 aliphatic carbocycles. The third-order valence-electron chi connectivity index (χ3n) is 7.29. The molecule has 2 aromatic carbocycles. The number of halogens is 2. The first-order chi connectivity index (χ1) is 18.9. The van der Waals surface area contributed by atoms with E-state index in [0.29, 0.717) is 36.8 Å². The molecule has 0 saturated carbocycles. The quantitative estimate of drug-likeness (QED) is 0.334. The minimum Gasteiger partial charge on any atom is -0.508 e. The Kier molecular flexibility index (Phi) is 6.86. The summed E-state index contributed by atoms with van der Waals surface area (Å²) in [6, 6.07) is 14.9. The van der Waals surface area contributed by atoms with Gasteiger partial charge in [-0.25, -0.2) is 18.3 Å². The summed E-state index contributed by atoms with van der Waals surface area (Å²) in [4.78, 5) is 22.4. The number of rotatable bonds is 7. The molecule has 1 unspecified atom stereocenters. The van der Waals surface area contributed by atoms with Crippen molar-refractivity contribution in [3.8, 4) is 5.75 Å². The number of alkyl halides is 1. The minimum atomic E-state index is -1.09. The second-order valence-electron chi connectivity index (χ2n) is 10.0. The highest BCUT2D eigenvalue weighted by atomic mass is 32.2. The van der Waals surface area contributed by atoms with Gasteiger partial charge in [-0.2, -0.15) is 0 Å². The molecule has 4 heterocycles. The molecule has 8 nitrogen and oxygen atoms in total. The molecule has 6 rings (SSSR count). The number of phenols is 1. The summed E-state index contributed by atoms with van der Waals surface area (Å²) < 4.78 is 30.3. The van der Waals surface area contributed by atoms with Gasteiger partial charge in [0, 0.05) is 31.0 Å². The Balaban J connectivity index is 1.18. The van der Waals surface area contributed by atoms with E-state index in [1.165, 1.54) is 34.6 Å². The molecule has 2 aromatic heterocycles. The number of aromatic nitrogens is 3. The van der Waals surface area contributed by atoms with E-state index in [9.17, 15) is 18.7 Å². The molecule has 2 atom stereocenters. The Morgan fingerprint density at radius 1 is 1.15 bits per heavy atom. The van der Waals surface area contributed by atoms with Crippen LogP contribution >= 0.6 is 11.8 Å². The normalized spacial score (nSPS) is 19.9. The zero-order valence-corrected chi connectivity index (χ0v) is 22.1. The SMILES string of the molecule is CSc1ccc(F)cc1C1C[C@H](F)CN1c1ccc2ncc(C(=O)NC3CN(Cc4cccc(O)c4)C3)n2n1. The summed E-state index contributed by atoms with van der Waals surface area (Å²) in [6.45, 7) is 2.20. The lowest BCUT2D eigenvalue weighted by Gasteiger charge is -2.39. The molecule has 0 spiro atoms. The number of phenolic OH excluding ortho intramolecular Hbond substituents is 1. The van der Waals surface area contributed by atoms with E-state index >= 15 is 0 Å². The number of aromatic hydroxyl groups is 1. The van der Waals surface area contributed by atoms with Gasteiger partial charge in [0.1, 0.15) is 23.6 Å². The predicted molar refractivity (Wildman–Crippen MR) is 145 cm³/mol. The largest absolute Gasteiger partial charge is 0.508 e. The number of amides is 1. The van der Waals surface area contributed by atoms with Gasteiger partial charge >= 0.3 is 0 Å². The average molecular weight is 551 g/mol. The van der Waals surface area contributed by atoms with Gasteiger partial charge in [0.05, 0.1) is 24.8 Å². The summed E-state index contributed by atoms with van der Waals surface area (Å²) in [5.41, 5.74) is 2.54. The molecule has 11 heteroatoms. The van der Waals surface area contributed by atoms with Gasteiger partial charge in [-0.1, -0.05) is 12.1 Å². The van der Waals surface area contributed by atoms with E-state index in [4.69, 9.17) is 0 Å². The van der Waals surface area contributed by atoms with Gasteiger partial charge in [-0.3, -0.25) is 9.69 Å². The number of nitrogens with zero attached hydrogens (tertiary/aromatic N) is 5. The van der Waals surface area contributed by atoms with Crippen LogP contribution in [-0.4, -0.2) is 68.6 Å². The number of hydrogen-bond donors (Lipinski definition) is 2. The van der Waals surface area contributed by atoms with Crippen molar-refractivity contribution in [1.29, 1.82) is 0 Å². The molecule has 2 aliphatic rings. The highest BCUT2D eigenvalue weighted by molar-refractivity contribution is 7.98. The van der Waals surface area contributed by atoms with Crippen LogP contribution in [0.15, 0.2) is 65.7 Å². The van der Waals surface area contributed by atoms with Crippen molar-refractivity contribution in [2.24, 2.45) is 0 Å². The average Bonchev–Trinajstić information content (AvgIpc) is 3.50. The number of hydrogen-bond acceptors (Lipinski definition) is 7. The highest BCUT2D eigenvalue weighted by Crippen LogP contribution is 2.40. The van der Waals surface area contributed by atoms with Crippen LogP contribution in [0.3, 0.4) is 0 Å². The molecule has 0 bridgehead atoms. The number of imidazole rings is 1. The number of carbonyl (C=O) groups excluding carboxylic acids is 1. The number of carbonyl (C=O) groups is 1.